The molecule has 1 aromatic carbocycles. The molecule has 2 aromatic rings. The standard InChI is InChI=1S/C16H16N2OS/c19-16(8-7-14-5-3-11-20-14)18-10-9-17-12-13-4-1-2-6-15(13)18/h1-8,11,17H,9-10,12H2. The monoisotopic (exact) mass is 284 g/mol. The fraction of sp³-hybridized carbons (Fsp3) is 0.188. The molecule has 0 saturated carbocycles. The van der Waals surface area contributed by atoms with Crippen molar-refractivity contribution in [2.45, 2.75) is 6.54 Å². The Bertz CT molecular complexity index is 619. The highest BCUT2D eigenvalue weighted by Crippen LogP contribution is 2.22. The zero-order valence-corrected chi connectivity index (χ0v) is 11.9. The lowest BCUT2D eigenvalue weighted by Gasteiger charge is -2.20. The number of rotatable bonds is 2. The number of nitrogens with one attached hydrogen (secondary N) is 1. The van der Waals surface area contributed by atoms with E-state index in [1.165, 1.54) is 5.56 Å². The van der Waals surface area contributed by atoms with Crippen molar-refractivity contribution < 1.29 is 4.79 Å². The average Bonchev–Trinajstić information content (AvgIpc) is 2.90. The molecule has 0 radical (unpaired) electrons. The Morgan fingerprint density at radius 1 is 1.25 bits per heavy atom. The summed E-state index contributed by atoms with van der Waals surface area (Å²) in [5.41, 5.74) is 2.18. The molecule has 1 aliphatic heterocycles. The van der Waals surface area contributed by atoms with Gasteiger partial charge in [0.1, 0.15) is 0 Å². The molecule has 0 spiro atoms. The second-order valence-electron chi connectivity index (χ2n) is 4.64. The van der Waals surface area contributed by atoms with E-state index in [2.05, 4.69) is 11.4 Å². The van der Waals surface area contributed by atoms with Crippen LogP contribution in [0.2, 0.25) is 0 Å². The van der Waals surface area contributed by atoms with E-state index in [1.807, 2.05) is 46.7 Å². The van der Waals surface area contributed by atoms with Gasteiger partial charge < -0.3 is 10.2 Å². The average molecular weight is 284 g/mol. The Kier molecular flexibility index (Phi) is 3.95. The van der Waals surface area contributed by atoms with Gasteiger partial charge in [0, 0.05) is 36.3 Å². The van der Waals surface area contributed by atoms with Crippen LogP contribution in [0.25, 0.3) is 6.08 Å². The largest absolute Gasteiger partial charge is 0.311 e. The van der Waals surface area contributed by atoms with E-state index in [9.17, 15) is 4.79 Å². The molecular weight excluding hydrogens is 268 g/mol. The van der Waals surface area contributed by atoms with Crippen LogP contribution in [0.15, 0.2) is 47.9 Å². The Morgan fingerprint density at radius 3 is 3.00 bits per heavy atom. The van der Waals surface area contributed by atoms with Gasteiger partial charge in [-0.05, 0) is 29.2 Å². The van der Waals surface area contributed by atoms with Gasteiger partial charge in [0.25, 0.3) is 5.91 Å². The molecule has 0 atom stereocenters. The van der Waals surface area contributed by atoms with Crippen molar-refractivity contribution in [3.63, 3.8) is 0 Å². The van der Waals surface area contributed by atoms with E-state index in [4.69, 9.17) is 0 Å². The Balaban J connectivity index is 1.84. The number of carbonyl (C=O) groups excluding carboxylic acids is 1. The summed E-state index contributed by atoms with van der Waals surface area (Å²) in [6.07, 6.45) is 3.54. The maximum absolute atomic E-state index is 12.4. The number of thiophene rings is 1. The minimum atomic E-state index is 0.0366. The lowest BCUT2D eigenvalue weighted by atomic mass is 10.1. The first-order chi connectivity index (χ1) is 9.84. The van der Waals surface area contributed by atoms with E-state index in [-0.39, 0.29) is 5.91 Å². The molecule has 0 fully saturated rings. The van der Waals surface area contributed by atoms with Gasteiger partial charge in [-0.25, -0.2) is 0 Å². The van der Waals surface area contributed by atoms with Gasteiger partial charge in [-0.1, -0.05) is 24.3 Å². The van der Waals surface area contributed by atoms with Crippen LogP contribution in [0.1, 0.15) is 10.4 Å². The highest BCUT2D eigenvalue weighted by molar-refractivity contribution is 7.10. The molecule has 1 aliphatic rings. The third-order valence-electron chi connectivity index (χ3n) is 3.31. The third-order valence-corrected chi connectivity index (χ3v) is 4.15. The molecule has 102 valence electrons. The smallest absolute Gasteiger partial charge is 0.251 e. The molecule has 2 heterocycles. The summed E-state index contributed by atoms with van der Waals surface area (Å²) < 4.78 is 0. The van der Waals surface area contributed by atoms with Gasteiger partial charge in [0.05, 0.1) is 0 Å². The summed E-state index contributed by atoms with van der Waals surface area (Å²) in [6, 6.07) is 12.1. The van der Waals surface area contributed by atoms with Crippen molar-refractivity contribution in [1.29, 1.82) is 0 Å². The van der Waals surface area contributed by atoms with Gasteiger partial charge in [-0.15, -0.1) is 11.3 Å². The number of para-hydroxylation sites is 1. The molecule has 1 aromatic heterocycles. The summed E-state index contributed by atoms with van der Waals surface area (Å²) in [5, 5.41) is 5.35. The Hall–Kier alpha value is -1.91. The zero-order chi connectivity index (χ0) is 13.8. The van der Waals surface area contributed by atoms with Crippen LogP contribution in [0, 0.1) is 0 Å². The molecule has 4 heteroatoms. The van der Waals surface area contributed by atoms with E-state index in [0.29, 0.717) is 6.54 Å². The van der Waals surface area contributed by atoms with Gasteiger partial charge in [-0.2, -0.15) is 0 Å². The molecule has 0 unspecified atom stereocenters. The van der Waals surface area contributed by atoms with E-state index in [0.717, 1.165) is 23.7 Å². The van der Waals surface area contributed by atoms with Crippen LogP contribution in [-0.4, -0.2) is 19.0 Å². The van der Waals surface area contributed by atoms with Crippen LogP contribution in [-0.2, 0) is 11.3 Å². The fourth-order valence-electron chi connectivity index (χ4n) is 2.32. The summed E-state index contributed by atoms with van der Waals surface area (Å²) in [5.74, 6) is 0.0366. The maximum atomic E-state index is 12.4. The predicted molar refractivity (Wildman–Crippen MR) is 83.9 cm³/mol. The third kappa shape index (κ3) is 2.81. The second-order valence-corrected chi connectivity index (χ2v) is 5.62. The van der Waals surface area contributed by atoms with Gasteiger partial charge in [0.15, 0.2) is 0 Å². The molecule has 1 N–H and O–H groups in total. The van der Waals surface area contributed by atoms with Crippen LogP contribution in [0.4, 0.5) is 5.69 Å². The molecule has 1 amide bonds. The number of hydrogen-bond donors (Lipinski definition) is 1. The van der Waals surface area contributed by atoms with Crippen molar-refractivity contribution in [3.8, 4) is 0 Å². The Labute approximate surface area is 122 Å². The summed E-state index contributed by atoms with van der Waals surface area (Å²) in [7, 11) is 0. The van der Waals surface area contributed by atoms with Crippen LogP contribution >= 0.6 is 11.3 Å². The van der Waals surface area contributed by atoms with Crippen LogP contribution < -0.4 is 10.2 Å². The maximum Gasteiger partial charge on any atom is 0.251 e. The minimum Gasteiger partial charge on any atom is -0.311 e. The minimum absolute atomic E-state index is 0.0366. The van der Waals surface area contributed by atoms with E-state index >= 15 is 0 Å². The van der Waals surface area contributed by atoms with Crippen LogP contribution in [0.5, 0.6) is 0 Å². The number of fused-ring (bicyclic) bond motifs is 1. The lowest BCUT2D eigenvalue weighted by Crippen LogP contribution is -2.33. The van der Waals surface area contributed by atoms with Crippen molar-refractivity contribution >= 4 is 29.0 Å². The highest BCUT2D eigenvalue weighted by Gasteiger charge is 2.18. The van der Waals surface area contributed by atoms with Crippen LogP contribution in [0.3, 0.4) is 0 Å². The topological polar surface area (TPSA) is 32.3 Å². The molecule has 0 bridgehead atoms. The lowest BCUT2D eigenvalue weighted by molar-refractivity contribution is -0.114. The fourth-order valence-corrected chi connectivity index (χ4v) is 2.93. The molecule has 3 nitrogen and oxygen atoms in total. The predicted octanol–water partition coefficient (Wildman–Crippen LogP) is 2.90. The first kappa shape index (κ1) is 13.1. The summed E-state index contributed by atoms with van der Waals surface area (Å²) in [4.78, 5) is 15.4. The molecule has 3 rings (SSSR count). The number of benzene rings is 1. The van der Waals surface area contributed by atoms with Crippen molar-refractivity contribution in [1.82, 2.24) is 5.32 Å². The first-order valence-corrected chi connectivity index (χ1v) is 7.54. The number of hydrogen-bond acceptors (Lipinski definition) is 3. The van der Waals surface area contributed by atoms with E-state index in [1.54, 1.807) is 17.4 Å². The zero-order valence-electron chi connectivity index (χ0n) is 11.1. The number of carbonyl (C=O) groups is 1. The molecule has 20 heavy (non-hydrogen) atoms. The number of anilines is 1. The number of nitrogens with zero attached hydrogens (tertiary/aromatic N) is 1. The summed E-state index contributed by atoms with van der Waals surface area (Å²) in [6.45, 7) is 2.33. The molecule has 0 saturated heterocycles. The molecule has 0 aliphatic carbocycles. The van der Waals surface area contributed by atoms with Crippen molar-refractivity contribution in [3.05, 3.63) is 58.3 Å². The van der Waals surface area contributed by atoms with Gasteiger partial charge >= 0.3 is 0 Å². The quantitative estimate of drug-likeness (QED) is 0.860. The molecular formula is C16H16N2OS. The second kappa shape index (κ2) is 6.03. The SMILES string of the molecule is O=C(C=Cc1cccs1)N1CCNCc2ccccc21. The van der Waals surface area contributed by atoms with E-state index < -0.39 is 0 Å². The Morgan fingerprint density at radius 2 is 2.15 bits per heavy atom. The van der Waals surface area contributed by atoms with Gasteiger partial charge in [-0.3, -0.25) is 4.79 Å². The normalized spacial score (nSPS) is 15.1. The highest BCUT2D eigenvalue weighted by atomic mass is 32.1. The number of amides is 1. The van der Waals surface area contributed by atoms with Gasteiger partial charge in [0.2, 0.25) is 0 Å². The van der Waals surface area contributed by atoms with Crippen molar-refractivity contribution in [2.24, 2.45) is 0 Å². The van der Waals surface area contributed by atoms with Crippen molar-refractivity contribution in [2.75, 3.05) is 18.0 Å². The first-order valence-electron chi connectivity index (χ1n) is 6.66. The summed E-state index contributed by atoms with van der Waals surface area (Å²) >= 11 is 1.63.